The Morgan fingerprint density at radius 2 is 1.81 bits per heavy atom. The van der Waals surface area contributed by atoms with E-state index in [-0.39, 0.29) is 23.4 Å². The van der Waals surface area contributed by atoms with Crippen molar-refractivity contribution in [1.29, 1.82) is 0 Å². The molecule has 4 rings (SSSR count). The van der Waals surface area contributed by atoms with Crippen LogP contribution in [-0.2, 0) is 17.8 Å². The number of aryl methyl sites for hydroxylation is 1. The number of rotatable bonds is 6. The number of anilines is 1. The van der Waals surface area contributed by atoms with Crippen LogP contribution in [0.15, 0.2) is 82.5 Å². The first-order valence-electron chi connectivity index (χ1n) is 10.1. The highest BCUT2D eigenvalue weighted by Gasteiger charge is 2.18. The molecule has 160 valence electrons. The fraction of sp³-hybridized carbons (Fsp3) is 0.120. The maximum atomic E-state index is 13.1. The molecule has 0 fully saturated rings. The Morgan fingerprint density at radius 1 is 1.06 bits per heavy atom. The van der Waals surface area contributed by atoms with E-state index in [9.17, 15) is 14.4 Å². The van der Waals surface area contributed by atoms with E-state index in [1.54, 1.807) is 34.9 Å². The van der Waals surface area contributed by atoms with Crippen LogP contribution in [0.3, 0.4) is 0 Å². The van der Waals surface area contributed by atoms with Gasteiger partial charge in [-0.1, -0.05) is 41.1 Å². The van der Waals surface area contributed by atoms with Crippen molar-refractivity contribution in [2.75, 3.05) is 5.32 Å². The molecule has 32 heavy (non-hydrogen) atoms. The molecule has 2 heterocycles. The maximum absolute atomic E-state index is 13.1. The first kappa shape index (κ1) is 21.6. The van der Waals surface area contributed by atoms with Gasteiger partial charge in [0.2, 0.25) is 11.3 Å². The second-order valence-corrected chi connectivity index (χ2v) is 8.20. The minimum absolute atomic E-state index is 0.00329. The summed E-state index contributed by atoms with van der Waals surface area (Å²) < 4.78 is 2.35. The topological polar surface area (TPSA) is 81.1 Å². The fourth-order valence-corrected chi connectivity index (χ4v) is 3.98. The van der Waals surface area contributed by atoms with Gasteiger partial charge >= 0.3 is 0 Å². The summed E-state index contributed by atoms with van der Waals surface area (Å²) in [7, 11) is 0. The number of halogens is 1. The van der Waals surface area contributed by atoms with Gasteiger partial charge in [-0.2, -0.15) is 0 Å². The predicted octanol–water partition coefficient (Wildman–Crippen LogP) is 4.59. The van der Waals surface area contributed by atoms with Gasteiger partial charge in [0.05, 0.1) is 11.1 Å². The number of fused-ring (bicyclic) bond motifs is 1. The van der Waals surface area contributed by atoms with Crippen molar-refractivity contribution in [3.8, 4) is 0 Å². The van der Waals surface area contributed by atoms with Crippen molar-refractivity contribution in [3.63, 3.8) is 0 Å². The number of hydrogen-bond acceptors (Lipinski definition) is 4. The van der Waals surface area contributed by atoms with E-state index in [0.717, 1.165) is 17.7 Å². The van der Waals surface area contributed by atoms with E-state index in [0.29, 0.717) is 20.9 Å². The normalized spacial score (nSPS) is 10.8. The minimum atomic E-state index is -0.412. The SMILES string of the molecule is CCc1ccccc1NC(=O)Cn1cc(C(=O)c2ccncc2)c(=O)c2cc(Br)ccc21. The molecule has 0 saturated carbocycles. The van der Waals surface area contributed by atoms with E-state index < -0.39 is 5.78 Å². The summed E-state index contributed by atoms with van der Waals surface area (Å²) in [6.07, 6.45) is 5.26. The van der Waals surface area contributed by atoms with Crippen LogP contribution in [0.4, 0.5) is 5.69 Å². The molecule has 0 aliphatic carbocycles. The lowest BCUT2D eigenvalue weighted by atomic mass is 10.0. The molecule has 2 aromatic heterocycles. The van der Waals surface area contributed by atoms with Gasteiger partial charge in [-0.15, -0.1) is 0 Å². The van der Waals surface area contributed by atoms with Crippen molar-refractivity contribution >= 4 is 44.2 Å². The Hall–Kier alpha value is -3.58. The molecule has 0 aliphatic rings. The van der Waals surface area contributed by atoms with Gasteiger partial charge in [0.15, 0.2) is 5.78 Å². The molecule has 0 atom stereocenters. The average Bonchev–Trinajstić information content (AvgIpc) is 2.81. The second-order valence-electron chi connectivity index (χ2n) is 7.29. The van der Waals surface area contributed by atoms with E-state index in [2.05, 4.69) is 26.2 Å². The number of nitrogens with zero attached hydrogens (tertiary/aromatic N) is 2. The van der Waals surface area contributed by atoms with Gasteiger partial charge in [0.25, 0.3) is 0 Å². The molecule has 0 unspecified atom stereocenters. The highest BCUT2D eigenvalue weighted by Crippen LogP contribution is 2.20. The molecule has 0 spiro atoms. The van der Waals surface area contributed by atoms with Crippen LogP contribution >= 0.6 is 15.9 Å². The van der Waals surface area contributed by atoms with Crippen molar-refractivity contribution in [2.45, 2.75) is 19.9 Å². The summed E-state index contributed by atoms with van der Waals surface area (Å²) in [5, 5.41) is 3.30. The van der Waals surface area contributed by atoms with Gasteiger partial charge in [-0.25, -0.2) is 0 Å². The Bertz CT molecular complexity index is 1380. The van der Waals surface area contributed by atoms with Gasteiger partial charge in [0, 0.05) is 39.7 Å². The standard InChI is InChI=1S/C25H20BrN3O3/c1-2-16-5-3-4-6-21(16)28-23(30)15-29-14-20(24(31)17-9-11-27-12-10-17)25(32)19-13-18(26)7-8-22(19)29/h3-14H,2,15H2,1H3,(H,28,30). The summed E-state index contributed by atoms with van der Waals surface area (Å²) in [6.45, 7) is 1.97. The number of nitrogens with one attached hydrogen (secondary N) is 1. The van der Waals surface area contributed by atoms with Crippen molar-refractivity contribution < 1.29 is 9.59 Å². The van der Waals surface area contributed by atoms with Crippen molar-refractivity contribution in [1.82, 2.24) is 9.55 Å². The number of carbonyl (C=O) groups is 2. The number of aromatic nitrogens is 2. The van der Waals surface area contributed by atoms with E-state index in [1.807, 2.05) is 31.2 Å². The number of carbonyl (C=O) groups excluding carboxylic acids is 2. The summed E-state index contributed by atoms with van der Waals surface area (Å²) in [5.41, 5.74) is 2.34. The first-order valence-corrected chi connectivity index (χ1v) is 10.9. The molecule has 1 N–H and O–H groups in total. The second kappa shape index (κ2) is 9.28. The summed E-state index contributed by atoms with van der Waals surface area (Å²) in [4.78, 5) is 43.0. The number of benzene rings is 2. The zero-order valence-corrected chi connectivity index (χ0v) is 18.9. The zero-order valence-electron chi connectivity index (χ0n) is 17.3. The van der Waals surface area contributed by atoms with Crippen LogP contribution < -0.4 is 10.7 Å². The van der Waals surface area contributed by atoms with Crippen molar-refractivity contribution in [3.05, 3.63) is 105 Å². The number of hydrogen-bond donors (Lipinski definition) is 1. The van der Waals surface area contributed by atoms with Crippen molar-refractivity contribution in [2.24, 2.45) is 0 Å². The quantitative estimate of drug-likeness (QED) is 0.401. The Kier molecular flexibility index (Phi) is 6.28. The largest absolute Gasteiger partial charge is 0.337 e. The lowest BCUT2D eigenvalue weighted by molar-refractivity contribution is -0.116. The molecule has 6 nitrogen and oxygen atoms in total. The van der Waals surface area contributed by atoms with Crippen LogP contribution in [0.5, 0.6) is 0 Å². The lowest BCUT2D eigenvalue weighted by Crippen LogP contribution is -2.24. The molecule has 7 heteroatoms. The highest BCUT2D eigenvalue weighted by molar-refractivity contribution is 9.10. The summed E-state index contributed by atoms with van der Waals surface area (Å²) in [6, 6.07) is 16.0. The van der Waals surface area contributed by atoms with E-state index >= 15 is 0 Å². The monoisotopic (exact) mass is 489 g/mol. The fourth-order valence-electron chi connectivity index (χ4n) is 3.62. The molecule has 0 radical (unpaired) electrons. The molecule has 2 aromatic carbocycles. The van der Waals surface area contributed by atoms with E-state index in [1.165, 1.54) is 18.6 Å². The van der Waals surface area contributed by atoms with Crippen LogP contribution in [0, 0.1) is 0 Å². The molecule has 1 amide bonds. The number of pyridine rings is 2. The third-order valence-electron chi connectivity index (χ3n) is 5.22. The predicted molar refractivity (Wildman–Crippen MR) is 128 cm³/mol. The first-order chi connectivity index (χ1) is 15.5. The number of ketones is 1. The van der Waals surface area contributed by atoms with Gasteiger partial charge in [0.1, 0.15) is 6.54 Å². The minimum Gasteiger partial charge on any atom is -0.337 e. The zero-order chi connectivity index (χ0) is 22.7. The summed E-state index contributed by atoms with van der Waals surface area (Å²) >= 11 is 3.39. The number of para-hydroxylation sites is 1. The molecule has 0 bridgehead atoms. The molecular formula is C25H20BrN3O3. The molecular weight excluding hydrogens is 470 g/mol. The van der Waals surface area contributed by atoms with Gasteiger partial charge in [-0.3, -0.25) is 19.4 Å². The highest BCUT2D eigenvalue weighted by atomic mass is 79.9. The van der Waals surface area contributed by atoms with Gasteiger partial charge < -0.3 is 9.88 Å². The van der Waals surface area contributed by atoms with Crippen LogP contribution in [0.25, 0.3) is 10.9 Å². The molecule has 0 aliphatic heterocycles. The average molecular weight is 490 g/mol. The Labute approximate surface area is 193 Å². The summed E-state index contributed by atoms with van der Waals surface area (Å²) in [5.74, 6) is -0.661. The maximum Gasteiger partial charge on any atom is 0.244 e. The molecule has 0 saturated heterocycles. The Morgan fingerprint density at radius 3 is 2.56 bits per heavy atom. The lowest BCUT2D eigenvalue weighted by Gasteiger charge is -2.15. The molecule has 4 aromatic rings. The van der Waals surface area contributed by atoms with E-state index in [4.69, 9.17) is 0 Å². The Balaban J connectivity index is 1.76. The third kappa shape index (κ3) is 4.38. The van der Waals surface area contributed by atoms with Crippen LogP contribution in [0.2, 0.25) is 0 Å². The van der Waals surface area contributed by atoms with Crippen LogP contribution in [0.1, 0.15) is 28.4 Å². The third-order valence-corrected chi connectivity index (χ3v) is 5.71. The van der Waals surface area contributed by atoms with Gasteiger partial charge in [-0.05, 0) is 48.4 Å². The number of amides is 1. The smallest absolute Gasteiger partial charge is 0.244 e. The van der Waals surface area contributed by atoms with Crippen LogP contribution in [-0.4, -0.2) is 21.2 Å².